The number of hydrogen-bond donors (Lipinski definition) is 1. The van der Waals surface area contributed by atoms with E-state index in [0.717, 1.165) is 48.8 Å². The van der Waals surface area contributed by atoms with Crippen molar-refractivity contribution in [1.82, 2.24) is 10.2 Å². The minimum atomic E-state index is -0.848. The zero-order valence-electron chi connectivity index (χ0n) is 18.8. The number of carbonyl (C=O) groups is 2. The zero-order valence-corrected chi connectivity index (χ0v) is 18.8. The molecular formula is C27H29FN2O3. The Morgan fingerprint density at radius 1 is 1.03 bits per heavy atom. The summed E-state index contributed by atoms with van der Waals surface area (Å²) >= 11 is 0. The third kappa shape index (κ3) is 5.51. The molecule has 1 aliphatic carbocycles. The van der Waals surface area contributed by atoms with Gasteiger partial charge in [-0.05, 0) is 60.2 Å². The van der Waals surface area contributed by atoms with Crippen LogP contribution in [0.15, 0.2) is 71.3 Å². The summed E-state index contributed by atoms with van der Waals surface area (Å²) in [5.74, 6) is -0.807. The summed E-state index contributed by atoms with van der Waals surface area (Å²) in [6, 6.07) is 16.3. The van der Waals surface area contributed by atoms with E-state index in [0.29, 0.717) is 0 Å². The molecule has 4 rings (SSSR count). The van der Waals surface area contributed by atoms with E-state index in [9.17, 15) is 14.0 Å². The zero-order chi connectivity index (χ0) is 23.2. The normalized spacial score (nSPS) is 14.7. The minimum Gasteiger partial charge on any atom is -0.459 e. The number of rotatable bonds is 8. The van der Waals surface area contributed by atoms with E-state index in [1.165, 1.54) is 23.3 Å². The van der Waals surface area contributed by atoms with Gasteiger partial charge in [-0.25, -0.2) is 4.39 Å². The van der Waals surface area contributed by atoms with Gasteiger partial charge < -0.3 is 14.6 Å². The van der Waals surface area contributed by atoms with E-state index >= 15 is 0 Å². The fourth-order valence-electron chi connectivity index (χ4n) is 4.37. The van der Waals surface area contributed by atoms with Gasteiger partial charge in [0, 0.05) is 12.6 Å². The lowest BCUT2D eigenvalue weighted by atomic mass is 10.00. The van der Waals surface area contributed by atoms with Crippen molar-refractivity contribution in [2.24, 2.45) is 0 Å². The third-order valence-corrected chi connectivity index (χ3v) is 6.22. The summed E-state index contributed by atoms with van der Waals surface area (Å²) in [6.45, 7) is 2.21. The minimum absolute atomic E-state index is 0.112. The van der Waals surface area contributed by atoms with Crippen molar-refractivity contribution in [3.63, 3.8) is 0 Å². The van der Waals surface area contributed by atoms with E-state index in [1.54, 1.807) is 24.3 Å². The molecule has 0 spiro atoms. The summed E-state index contributed by atoms with van der Waals surface area (Å²) in [7, 11) is 0. The van der Waals surface area contributed by atoms with Gasteiger partial charge in [0.25, 0.3) is 5.91 Å². The van der Waals surface area contributed by atoms with Crippen LogP contribution >= 0.6 is 0 Å². The van der Waals surface area contributed by atoms with Gasteiger partial charge in [-0.15, -0.1) is 0 Å². The lowest BCUT2D eigenvalue weighted by molar-refractivity contribution is -0.126. The molecule has 1 aromatic heterocycles. The van der Waals surface area contributed by atoms with Crippen LogP contribution in [0.4, 0.5) is 4.39 Å². The maximum Gasteiger partial charge on any atom is 0.290 e. The van der Waals surface area contributed by atoms with Crippen LogP contribution in [0, 0.1) is 5.82 Å². The molecule has 1 saturated carbocycles. The fraction of sp³-hybridized carbons (Fsp3) is 0.333. The Kier molecular flexibility index (Phi) is 7.23. The molecule has 3 aromatic rings. The van der Waals surface area contributed by atoms with Gasteiger partial charge in [0.15, 0.2) is 5.76 Å². The lowest BCUT2D eigenvalue weighted by Crippen LogP contribution is -2.45. The second kappa shape index (κ2) is 10.5. The van der Waals surface area contributed by atoms with Crippen molar-refractivity contribution >= 4 is 11.8 Å². The van der Waals surface area contributed by atoms with Gasteiger partial charge in [0.1, 0.15) is 11.9 Å². The smallest absolute Gasteiger partial charge is 0.290 e. The fourth-order valence-corrected chi connectivity index (χ4v) is 4.37. The number of furan rings is 1. The van der Waals surface area contributed by atoms with Crippen LogP contribution in [0.2, 0.25) is 0 Å². The van der Waals surface area contributed by atoms with Crippen LogP contribution in [0.25, 0.3) is 0 Å². The Bertz CT molecular complexity index is 1060. The van der Waals surface area contributed by atoms with Gasteiger partial charge in [-0.1, -0.05) is 56.2 Å². The molecule has 0 radical (unpaired) electrons. The summed E-state index contributed by atoms with van der Waals surface area (Å²) in [4.78, 5) is 28.7. The summed E-state index contributed by atoms with van der Waals surface area (Å²) in [6.07, 6.45) is 6.38. The Balaban J connectivity index is 1.73. The number of halogens is 1. The molecule has 2 amide bonds. The number of hydrogen-bond acceptors (Lipinski definition) is 3. The SMILES string of the molecule is CCc1ccc([C@H](C(=O)NC2CCCC2)N(Cc2ccc(F)cc2)C(=O)c2ccco2)cc1. The molecule has 0 bridgehead atoms. The van der Waals surface area contributed by atoms with Crippen molar-refractivity contribution in [3.8, 4) is 0 Å². The Morgan fingerprint density at radius 3 is 2.30 bits per heavy atom. The molecule has 0 saturated heterocycles. The summed E-state index contributed by atoms with van der Waals surface area (Å²) in [5.41, 5.74) is 2.60. The van der Waals surface area contributed by atoms with Crippen LogP contribution in [0.5, 0.6) is 0 Å². The highest BCUT2D eigenvalue weighted by Gasteiger charge is 2.34. The van der Waals surface area contributed by atoms with E-state index in [-0.39, 0.29) is 30.1 Å². The molecule has 2 aromatic carbocycles. The molecule has 1 atom stereocenters. The summed E-state index contributed by atoms with van der Waals surface area (Å²) in [5, 5.41) is 3.16. The van der Waals surface area contributed by atoms with Gasteiger partial charge in [-0.3, -0.25) is 9.59 Å². The second-order valence-corrected chi connectivity index (χ2v) is 8.52. The lowest BCUT2D eigenvalue weighted by Gasteiger charge is -2.32. The number of carbonyl (C=O) groups excluding carboxylic acids is 2. The Hall–Kier alpha value is -3.41. The predicted octanol–water partition coefficient (Wildman–Crippen LogP) is 5.42. The first-order valence-electron chi connectivity index (χ1n) is 11.5. The maximum absolute atomic E-state index is 13.6. The van der Waals surface area contributed by atoms with Crippen molar-refractivity contribution < 1.29 is 18.4 Å². The molecule has 0 unspecified atom stereocenters. The van der Waals surface area contributed by atoms with Crippen molar-refractivity contribution in [2.75, 3.05) is 0 Å². The monoisotopic (exact) mass is 448 g/mol. The Labute approximate surface area is 193 Å². The Morgan fingerprint density at radius 2 is 1.70 bits per heavy atom. The van der Waals surface area contributed by atoms with Gasteiger partial charge in [0.2, 0.25) is 5.91 Å². The number of benzene rings is 2. The predicted molar refractivity (Wildman–Crippen MR) is 124 cm³/mol. The van der Waals surface area contributed by atoms with Crippen LogP contribution in [0.3, 0.4) is 0 Å². The average molecular weight is 449 g/mol. The first kappa shape index (κ1) is 22.8. The number of nitrogens with zero attached hydrogens (tertiary/aromatic N) is 1. The van der Waals surface area contributed by atoms with Crippen molar-refractivity contribution in [1.29, 1.82) is 0 Å². The van der Waals surface area contributed by atoms with Gasteiger partial charge >= 0.3 is 0 Å². The van der Waals surface area contributed by atoms with Crippen LogP contribution in [-0.2, 0) is 17.8 Å². The van der Waals surface area contributed by atoms with Crippen LogP contribution in [0.1, 0.15) is 65.9 Å². The summed E-state index contributed by atoms with van der Waals surface area (Å²) < 4.78 is 18.9. The molecule has 1 aliphatic rings. The number of aryl methyl sites for hydroxylation is 1. The third-order valence-electron chi connectivity index (χ3n) is 6.22. The molecule has 1 fully saturated rings. The second-order valence-electron chi connectivity index (χ2n) is 8.52. The molecule has 33 heavy (non-hydrogen) atoms. The van der Waals surface area contributed by atoms with Crippen molar-refractivity contribution in [3.05, 3.63) is 95.2 Å². The first-order valence-corrected chi connectivity index (χ1v) is 11.5. The first-order chi connectivity index (χ1) is 16.0. The van der Waals surface area contributed by atoms with E-state index in [2.05, 4.69) is 12.2 Å². The van der Waals surface area contributed by atoms with Crippen molar-refractivity contribution in [2.45, 2.75) is 57.7 Å². The maximum atomic E-state index is 13.6. The standard InChI is InChI=1S/C27H29FN2O3/c1-2-19-9-13-21(14-10-19)25(26(31)29-23-6-3-4-7-23)30(27(32)24-8-5-17-33-24)18-20-11-15-22(28)16-12-20/h5,8-17,23,25H,2-4,6-7,18H2,1H3,(H,29,31)/t25-/m1/s1. The highest BCUT2D eigenvalue weighted by Crippen LogP contribution is 2.28. The molecule has 0 aliphatic heterocycles. The molecule has 6 heteroatoms. The average Bonchev–Trinajstić information content (AvgIpc) is 3.54. The molecular weight excluding hydrogens is 419 g/mol. The highest BCUT2D eigenvalue weighted by atomic mass is 19.1. The molecule has 1 N–H and O–H groups in total. The number of nitrogens with one attached hydrogen (secondary N) is 1. The molecule has 172 valence electrons. The quantitative estimate of drug-likeness (QED) is 0.500. The molecule has 1 heterocycles. The van der Waals surface area contributed by atoms with Crippen LogP contribution in [-0.4, -0.2) is 22.8 Å². The topological polar surface area (TPSA) is 62.6 Å². The van der Waals surface area contributed by atoms with Gasteiger partial charge in [0.05, 0.1) is 6.26 Å². The largest absolute Gasteiger partial charge is 0.459 e. The number of amides is 2. The van der Waals surface area contributed by atoms with E-state index in [4.69, 9.17) is 4.42 Å². The van der Waals surface area contributed by atoms with E-state index < -0.39 is 11.9 Å². The molecule has 5 nitrogen and oxygen atoms in total. The van der Waals surface area contributed by atoms with E-state index in [1.807, 2.05) is 24.3 Å². The van der Waals surface area contributed by atoms with Gasteiger partial charge in [-0.2, -0.15) is 0 Å². The highest BCUT2D eigenvalue weighted by molar-refractivity contribution is 5.96. The van der Waals surface area contributed by atoms with Crippen LogP contribution < -0.4 is 5.32 Å².